The van der Waals surface area contributed by atoms with Crippen molar-refractivity contribution in [1.82, 2.24) is 15.5 Å². The summed E-state index contributed by atoms with van der Waals surface area (Å²) in [6.07, 6.45) is 10.8. The lowest BCUT2D eigenvalue weighted by Crippen LogP contribution is -2.49. The minimum absolute atomic E-state index is 0. The van der Waals surface area contributed by atoms with Gasteiger partial charge in [0.15, 0.2) is 0 Å². The van der Waals surface area contributed by atoms with Crippen molar-refractivity contribution in [3.63, 3.8) is 0 Å². The number of amides is 2. The van der Waals surface area contributed by atoms with Crippen molar-refractivity contribution in [3.8, 4) is 0 Å². The molecule has 0 unspecified atom stereocenters. The highest BCUT2D eigenvalue weighted by Crippen LogP contribution is 2.61. The summed E-state index contributed by atoms with van der Waals surface area (Å²) in [5.74, 6) is 3.49. The van der Waals surface area contributed by atoms with Gasteiger partial charge in [0.1, 0.15) is 0 Å². The molecule has 4 aliphatic carbocycles. The highest BCUT2D eigenvalue weighted by atomic mass is 35.5. The van der Waals surface area contributed by atoms with Crippen molar-refractivity contribution in [2.45, 2.75) is 64.7 Å². The second-order valence-electron chi connectivity index (χ2n) is 10.0. The highest BCUT2D eigenvalue weighted by molar-refractivity contribution is 5.85. The van der Waals surface area contributed by atoms with Gasteiger partial charge in [-0.05, 0) is 93.5 Å². The molecular weight excluding hydrogens is 374 g/mol. The molecule has 6 heteroatoms. The first kappa shape index (κ1) is 21.9. The van der Waals surface area contributed by atoms with Crippen LogP contribution in [-0.2, 0) is 9.59 Å². The Balaban J connectivity index is 0.00000225. The third-order valence-electron chi connectivity index (χ3n) is 7.79. The Kier molecular flexibility index (Phi) is 7.30. The Morgan fingerprint density at radius 3 is 2.11 bits per heavy atom. The van der Waals surface area contributed by atoms with Gasteiger partial charge < -0.3 is 15.5 Å². The highest BCUT2D eigenvalue weighted by Gasteiger charge is 2.51. The number of carbonyl (C=O) groups is 2. The molecule has 5 fully saturated rings. The van der Waals surface area contributed by atoms with Crippen molar-refractivity contribution in [2.24, 2.45) is 29.1 Å². The summed E-state index contributed by atoms with van der Waals surface area (Å²) in [5.41, 5.74) is 0.256. The number of carbonyl (C=O) groups excluding carboxylic acids is 2. The molecule has 28 heavy (non-hydrogen) atoms. The van der Waals surface area contributed by atoms with E-state index in [0.717, 1.165) is 56.8 Å². The Bertz CT molecular complexity index is 525. The second-order valence-corrected chi connectivity index (χ2v) is 10.0. The molecule has 0 aromatic carbocycles. The van der Waals surface area contributed by atoms with Gasteiger partial charge in [-0.3, -0.25) is 9.59 Å². The molecule has 0 aromatic rings. The van der Waals surface area contributed by atoms with Crippen molar-refractivity contribution < 1.29 is 9.59 Å². The van der Waals surface area contributed by atoms with E-state index >= 15 is 0 Å². The molecule has 0 radical (unpaired) electrons. The quantitative estimate of drug-likeness (QED) is 0.677. The van der Waals surface area contributed by atoms with Crippen LogP contribution in [0.2, 0.25) is 0 Å². The van der Waals surface area contributed by atoms with Crippen molar-refractivity contribution in [2.75, 3.05) is 32.7 Å². The molecule has 160 valence electrons. The third kappa shape index (κ3) is 5.02. The van der Waals surface area contributed by atoms with Crippen LogP contribution < -0.4 is 10.6 Å². The van der Waals surface area contributed by atoms with E-state index in [4.69, 9.17) is 0 Å². The lowest BCUT2D eigenvalue weighted by atomic mass is 9.49. The fourth-order valence-corrected chi connectivity index (χ4v) is 6.93. The van der Waals surface area contributed by atoms with Gasteiger partial charge in [-0.25, -0.2) is 0 Å². The SMILES string of the molecule is CCNCC1CCN(C(=O)CNC(=O)CC23CC4CC(CC(C4)C2)C3)CC1.Cl. The zero-order chi connectivity index (χ0) is 18.9. The number of halogens is 1. The van der Waals surface area contributed by atoms with Crippen LogP contribution in [-0.4, -0.2) is 49.4 Å². The van der Waals surface area contributed by atoms with Gasteiger partial charge in [0.25, 0.3) is 0 Å². The van der Waals surface area contributed by atoms with Gasteiger partial charge >= 0.3 is 0 Å². The Morgan fingerprint density at radius 1 is 1.00 bits per heavy atom. The number of piperidine rings is 1. The van der Waals surface area contributed by atoms with E-state index in [2.05, 4.69) is 17.6 Å². The van der Waals surface area contributed by atoms with Crippen LogP contribution in [0.15, 0.2) is 0 Å². The summed E-state index contributed by atoms with van der Waals surface area (Å²) < 4.78 is 0. The van der Waals surface area contributed by atoms with E-state index in [1.807, 2.05) is 4.90 Å². The molecular formula is C22H38ClN3O2. The molecule has 5 rings (SSSR count). The molecule has 1 aliphatic heterocycles. The van der Waals surface area contributed by atoms with Crippen molar-refractivity contribution >= 4 is 24.2 Å². The summed E-state index contributed by atoms with van der Waals surface area (Å²) in [6.45, 7) is 6.04. The zero-order valence-electron chi connectivity index (χ0n) is 17.4. The molecule has 0 atom stereocenters. The summed E-state index contributed by atoms with van der Waals surface area (Å²) in [5, 5.41) is 6.36. The third-order valence-corrected chi connectivity index (χ3v) is 7.79. The molecule has 1 saturated heterocycles. The topological polar surface area (TPSA) is 61.4 Å². The first-order valence-corrected chi connectivity index (χ1v) is 11.3. The van der Waals surface area contributed by atoms with Gasteiger partial charge in [0, 0.05) is 19.5 Å². The van der Waals surface area contributed by atoms with Gasteiger partial charge in [-0.15, -0.1) is 12.4 Å². The van der Waals surface area contributed by atoms with Crippen LogP contribution in [0.4, 0.5) is 0 Å². The Morgan fingerprint density at radius 2 is 1.57 bits per heavy atom. The van der Waals surface area contributed by atoms with E-state index in [1.54, 1.807) is 0 Å². The fourth-order valence-electron chi connectivity index (χ4n) is 6.93. The second kappa shape index (κ2) is 9.34. The summed E-state index contributed by atoms with van der Waals surface area (Å²) in [7, 11) is 0. The molecule has 5 aliphatic rings. The maximum Gasteiger partial charge on any atom is 0.241 e. The van der Waals surface area contributed by atoms with Gasteiger partial charge in [0.2, 0.25) is 11.8 Å². The Hall–Kier alpha value is -0.810. The van der Waals surface area contributed by atoms with Gasteiger partial charge in [-0.2, -0.15) is 0 Å². The number of hydrogen-bond acceptors (Lipinski definition) is 3. The average Bonchev–Trinajstić information content (AvgIpc) is 2.63. The first-order valence-electron chi connectivity index (χ1n) is 11.3. The summed E-state index contributed by atoms with van der Waals surface area (Å²) in [6, 6.07) is 0. The number of hydrogen-bond donors (Lipinski definition) is 2. The minimum atomic E-state index is 0. The Labute approximate surface area is 176 Å². The fraction of sp³-hybridized carbons (Fsp3) is 0.909. The molecule has 5 nitrogen and oxygen atoms in total. The lowest BCUT2D eigenvalue weighted by molar-refractivity contribution is -0.136. The predicted octanol–water partition coefficient (Wildman–Crippen LogP) is 2.98. The molecule has 2 N–H and O–H groups in total. The largest absolute Gasteiger partial charge is 0.347 e. The van der Waals surface area contributed by atoms with Crippen LogP contribution in [0.1, 0.15) is 64.7 Å². The predicted molar refractivity (Wildman–Crippen MR) is 113 cm³/mol. The zero-order valence-corrected chi connectivity index (χ0v) is 18.2. The molecule has 2 amide bonds. The lowest BCUT2D eigenvalue weighted by Gasteiger charge is -2.56. The van der Waals surface area contributed by atoms with E-state index in [9.17, 15) is 9.59 Å². The number of nitrogens with one attached hydrogen (secondary N) is 2. The van der Waals surface area contributed by atoms with E-state index in [1.165, 1.54) is 38.5 Å². The monoisotopic (exact) mass is 411 g/mol. The summed E-state index contributed by atoms with van der Waals surface area (Å²) >= 11 is 0. The molecule has 0 spiro atoms. The van der Waals surface area contributed by atoms with Gasteiger partial charge in [0.05, 0.1) is 6.54 Å². The van der Waals surface area contributed by atoms with E-state index in [0.29, 0.717) is 12.3 Å². The molecule has 4 bridgehead atoms. The van der Waals surface area contributed by atoms with Crippen molar-refractivity contribution in [3.05, 3.63) is 0 Å². The maximum absolute atomic E-state index is 12.6. The standard InChI is InChI=1S/C22H37N3O2.ClH/c1-2-23-14-16-3-5-25(6-4-16)21(27)15-24-20(26)13-22-10-17-7-18(11-22)9-19(8-17)12-22;/h16-19,23H,2-15H2,1H3,(H,24,26);1H. The first-order chi connectivity index (χ1) is 13.0. The van der Waals surface area contributed by atoms with Crippen LogP contribution in [0.5, 0.6) is 0 Å². The molecule has 4 saturated carbocycles. The van der Waals surface area contributed by atoms with E-state index in [-0.39, 0.29) is 36.2 Å². The maximum atomic E-state index is 12.6. The molecule has 1 heterocycles. The van der Waals surface area contributed by atoms with Crippen LogP contribution in [0.25, 0.3) is 0 Å². The van der Waals surface area contributed by atoms with Crippen LogP contribution >= 0.6 is 12.4 Å². The van der Waals surface area contributed by atoms with Gasteiger partial charge in [-0.1, -0.05) is 6.92 Å². The van der Waals surface area contributed by atoms with E-state index < -0.39 is 0 Å². The number of nitrogens with zero attached hydrogens (tertiary/aromatic N) is 1. The smallest absolute Gasteiger partial charge is 0.241 e. The number of rotatable bonds is 7. The van der Waals surface area contributed by atoms with Crippen LogP contribution in [0.3, 0.4) is 0 Å². The number of likely N-dealkylation sites (tertiary alicyclic amines) is 1. The minimum Gasteiger partial charge on any atom is -0.347 e. The van der Waals surface area contributed by atoms with Crippen LogP contribution in [0, 0.1) is 29.1 Å². The normalized spacial score (nSPS) is 34.2. The molecule has 0 aromatic heterocycles. The average molecular weight is 412 g/mol. The van der Waals surface area contributed by atoms with Crippen molar-refractivity contribution in [1.29, 1.82) is 0 Å². The summed E-state index contributed by atoms with van der Waals surface area (Å²) in [4.78, 5) is 27.0.